The third-order valence-electron chi connectivity index (χ3n) is 6.67. The van der Waals surface area contributed by atoms with Crippen molar-refractivity contribution in [1.29, 1.82) is 0 Å². The van der Waals surface area contributed by atoms with Crippen LogP contribution in [0.1, 0.15) is 59.9 Å². The highest BCUT2D eigenvalue weighted by molar-refractivity contribution is 7.21. The van der Waals surface area contributed by atoms with E-state index in [0.29, 0.717) is 23.2 Å². The SMILES string of the molecule is CN=Cc1cc(-c2ccc3nc(N(C)C4CC(C)(C)NC(C)(C(=O)OC(C)(C)C)C4)sc3n2)cc(F)c1N. The summed E-state index contributed by atoms with van der Waals surface area (Å²) < 4.78 is 20.2. The van der Waals surface area contributed by atoms with Crippen LogP contribution in [-0.2, 0) is 9.53 Å². The molecule has 2 aromatic heterocycles. The number of anilines is 2. The summed E-state index contributed by atoms with van der Waals surface area (Å²) in [4.78, 5) is 29.6. The van der Waals surface area contributed by atoms with Crippen LogP contribution in [-0.4, -0.2) is 59.0 Å². The van der Waals surface area contributed by atoms with Crippen LogP contribution < -0.4 is 16.0 Å². The van der Waals surface area contributed by atoms with Gasteiger partial charge in [-0.2, -0.15) is 0 Å². The van der Waals surface area contributed by atoms with Gasteiger partial charge < -0.3 is 15.4 Å². The molecule has 38 heavy (non-hydrogen) atoms. The number of carbonyl (C=O) groups excluding carboxylic acids is 1. The fourth-order valence-electron chi connectivity index (χ4n) is 5.09. The van der Waals surface area contributed by atoms with E-state index >= 15 is 0 Å². The number of aliphatic imine (C=N–C) groups is 1. The molecule has 10 heteroatoms. The van der Waals surface area contributed by atoms with Gasteiger partial charge in [-0.3, -0.25) is 15.1 Å². The number of hydrogen-bond donors (Lipinski definition) is 2. The number of halogens is 1. The van der Waals surface area contributed by atoms with E-state index in [4.69, 9.17) is 20.4 Å². The molecule has 0 aliphatic carbocycles. The lowest BCUT2D eigenvalue weighted by atomic mass is 9.78. The fourth-order valence-corrected chi connectivity index (χ4v) is 6.06. The molecule has 0 amide bonds. The van der Waals surface area contributed by atoms with Gasteiger partial charge in [0.1, 0.15) is 27.3 Å². The predicted octanol–water partition coefficient (Wildman–Crippen LogP) is 5.20. The number of nitrogens with two attached hydrogens (primary N) is 1. The standard InChI is InChI=1S/C28H37FN6O2S/c1-26(2,3)37-24(36)28(6)14-18(13-27(4,5)34-28)35(8)25-33-21-10-9-20(32-23(21)38-25)16-11-17(15-31-7)22(30)19(29)12-16/h9-12,15,18,34H,13-14,30H2,1-8H3. The summed E-state index contributed by atoms with van der Waals surface area (Å²) in [6.07, 6.45) is 2.93. The number of esters is 1. The van der Waals surface area contributed by atoms with Crippen LogP contribution in [0.25, 0.3) is 21.6 Å². The van der Waals surface area contributed by atoms with Gasteiger partial charge in [0.15, 0.2) is 5.13 Å². The molecule has 1 aliphatic rings. The van der Waals surface area contributed by atoms with Gasteiger partial charge in [0.05, 0.1) is 11.4 Å². The number of rotatable bonds is 5. The van der Waals surface area contributed by atoms with E-state index in [-0.39, 0.29) is 23.2 Å². The number of nitrogens with zero attached hydrogens (tertiary/aromatic N) is 4. The van der Waals surface area contributed by atoms with Crippen LogP contribution >= 0.6 is 11.3 Å². The first-order valence-corrected chi connectivity index (χ1v) is 13.5. The van der Waals surface area contributed by atoms with Gasteiger partial charge in [0.2, 0.25) is 0 Å². The van der Waals surface area contributed by atoms with E-state index in [1.807, 2.05) is 46.9 Å². The Morgan fingerprint density at radius 1 is 1.26 bits per heavy atom. The van der Waals surface area contributed by atoms with Gasteiger partial charge in [-0.15, -0.1) is 0 Å². The summed E-state index contributed by atoms with van der Waals surface area (Å²) >= 11 is 1.47. The van der Waals surface area contributed by atoms with E-state index < -0.39 is 17.0 Å². The number of carbonyl (C=O) groups is 1. The molecule has 3 N–H and O–H groups in total. The topological polar surface area (TPSA) is 106 Å². The number of benzene rings is 1. The average molecular weight is 541 g/mol. The summed E-state index contributed by atoms with van der Waals surface area (Å²) in [5.41, 5.74) is 6.74. The quantitative estimate of drug-likeness (QED) is 0.260. The van der Waals surface area contributed by atoms with Crippen LogP contribution in [0, 0.1) is 5.82 Å². The second-order valence-electron chi connectivity index (χ2n) is 11.9. The second-order valence-corrected chi connectivity index (χ2v) is 12.8. The summed E-state index contributed by atoms with van der Waals surface area (Å²) in [6, 6.07) is 6.94. The zero-order chi connectivity index (χ0) is 28.0. The Labute approximate surface area is 227 Å². The molecule has 4 rings (SSSR count). The molecular weight excluding hydrogens is 503 g/mol. The number of ether oxygens (including phenoxy) is 1. The van der Waals surface area contributed by atoms with Gasteiger partial charge in [-0.05, 0) is 78.6 Å². The van der Waals surface area contributed by atoms with Crippen molar-refractivity contribution in [3.63, 3.8) is 0 Å². The first-order chi connectivity index (χ1) is 17.6. The molecule has 3 heterocycles. The van der Waals surface area contributed by atoms with Gasteiger partial charge in [-0.1, -0.05) is 11.3 Å². The largest absolute Gasteiger partial charge is 0.459 e. The van der Waals surface area contributed by atoms with E-state index in [1.54, 1.807) is 13.1 Å². The summed E-state index contributed by atoms with van der Waals surface area (Å²) in [6.45, 7) is 11.8. The molecule has 0 spiro atoms. The summed E-state index contributed by atoms with van der Waals surface area (Å²) in [7, 11) is 3.62. The molecular formula is C28H37FN6O2S. The molecule has 8 nitrogen and oxygen atoms in total. The van der Waals surface area contributed by atoms with Gasteiger partial charge in [-0.25, -0.2) is 14.4 Å². The van der Waals surface area contributed by atoms with Crippen molar-refractivity contribution >= 4 is 44.7 Å². The maximum Gasteiger partial charge on any atom is 0.326 e. The zero-order valence-corrected chi connectivity index (χ0v) is 24.2. The maximum atomic E-state index is 14.5. The smallest absolute Gasteiger partial charge is 0.326 e. The van der Waals surface area contributed by atoms with Crippen molar-refractivity contribution in [2.45, 2.75) is 77.1 Å². The molecule has 1 saturated heterocycles. The minimum Gasteiger partial charge on any atom is -0.459 e. The fraction of sp³-hybridized carbons (Fsp3) is 0.500. The summed E-state index contributed by atoms with van der Waals surface area (Å²) in [5.74, 6) is -0.763. The lowest BCUT2D eigenvalue weighted by Crippen LogP contribution is -2.67. The number of thiazole rings is 1. The lowest BCUT2D eigenvalue weighted by Gasteiger charge is -2.49. The first-order valence-electron chi connectivity index (χ1n) is 12.7. The monoisotopic (exact) mass is 540 g/mol. The zero-order valence-electron chi connectivity index (χ0n) is 23.3. The predicted molar refractivity (Wildman–Crippen MR) is 154 cm³/mol. The van der Waals surface area contributed by atoms with E-state index in [2.05, 4.69) is 29.1 Å². The number of nitrogens with one attached hydrogen (secondary N) is 1. The Morgan fingerprint density at radius 2 is 1.97 bits per heavy atom. The van der Waals surface area contributed by atoms with Gasteiger partial charge in [0.25, 0.3) is 0 Å². The number of hydrogen-bond acceptors (Lipinski definition) is 9. The molecule has 1 aliphatic heterocycles. The van der Waals surface area contributed by atoms with Crippen LogP contribution in [0.5, 0.6) is 0 Å². The Bertz CT molecular complexity index is 1400. The highest BCUT2D eigenvalue weighted by Crippen LogP contribution is 2.37. The van der Waals surface area contributed by atoms with Crippen molar-refractivity contribution in [2.24, 2.45) is 4.99 Å². The van der Waals surface area contributed by atoms with Crippen molar-refractivity contribution in [2.75, 3.05) is 24.7 Å². The first kappa shape index (κ1) is 27.9. The van der Waals surface area contributed by atoms with E-state index in [0.717, 1.165) is 21.9 Å². The number of fused-ring (bicyclic) bond motifs is 1. The number of nitrogen functional groups attached to an aromatic ring is 1. The molecule has 204 valence electrons. The van der Waals surface area contributed by atoms with Crippen LogP contribution in [0.2, 0.25) is 0 Å². The Morgan fingerprint density at radius 3 is 2.63 bits per heavy atom. The van der Waals surface area contributed by atoms with Gasteiger partial charge in [0, 0.05) is 43.0 Å². The third kappa shape index (κ3) is 5.81. The molecule has 0 radical (unpaired) electrons. The molecule has 0 bridgehead atoms. The molecule has 0 saturated carbocycles. The van der Waals surface area contributed by atoms with Crippen molar-refractivity contribution in [1.82, 2.24) is 15.3 Å². The molecule has 3 aromatic rings. The Hall–Kier alpha value is -3.11. The minimum absolute atomic E-state index is 0.0471. The van der Waals surface area contributed by atoms with Crippen LogP contribution in [0.4, 0.5) is 15.2 Å². The third-order valence-corrected chi connectivity index (χ3v) is 7.73. The van der Waals surface area contributed by atoms with Crippen molar-refractivity contribution < 1.29 is 13.9 Å². The van der Waals surface area contributed by atoms with Crippen LogP contribution in [0.15, 0.2) is 29.3 Å². The van der Waals surface area contributed by atoms with E-state index in [1.165, 1.54) is 23.6 Å². The maximum absolute atomic E-state index is 14.5. The number of aromatic nitrogens is 2. The second kappa shape index (κ2) is 9.89. The Kier molecular flexibility index (Phi) is 7.26. The van der Waals surface area contributed by atoms with Crippen molar-refractivity contribution in [3.05, 3.63) is 35.6 Å². The molecule has 2 atom stereocenters. The summed E-state index contributed by atoms with van der Waals surface area (Å²) in [5, 5.41) is 4.33. The van der Waals surface area contributed by atoms with E-state index in [9.17, 15) is 9.18 Å². The molecule has 2 unspecified atom stereocenters. The highest BCUT2D eigenvalue weighted by Gasteiger charge is 2.48. The highest BCUT2D eigenvalue weighted by atomic mass is 32.1. The van der Waals surface area contributed by atoms with Crippen LogP contribution in [0.3, 0.4) is 0 Å². The lowest BCUT2D eigenvalue weighted by molar-refractivity contribution is -0.165. The Balaban J connectivity index is 1.64. The average Bonchev–Trinajstić information content (AvgIpc) is 3.22. The molecule has 1 aromatic carbocycles. The number of piperidine rings is 1. The number of pyridine rings is 1. The minimum atomic E-state index is -0.839. The normalized spacial score (nSPS) is 21.7. The van der Waals surface area contributed by atoms with Gasteiger partial charge >= 0.3 is 5.97 Å². The molecule has 1 fully saturated rings. The van der Waals surface area contributed by atoms with Crippen molar-refractivity contribution in [3.8, 4) is 11.3 Å².